The molecule has 2 aromatic rings. The molecule has 0 amide bonds. The summed E-state index contributed by atoms with van der Waals surface area (Å²) in [6.45, 7) is 5.06. The number of hydrogen-bond donors (Lipinski definition) is 6. The Hall–Kier alpha value is -4.55. The summed E-state index contributed by atoms with van der Waals surface area (Å²) in [6.07, 6.45) is -4.09. The molecule has 53 heavy (non-hydrogen) atoms. The van der Waals surface area contributed by atoms with E-state index in [0.717, 1.165) is 20.3 Å². The fourth-order valence-electron chi connectivity index (χ4n) is 8.19. The van der Waals surface area contributed by atoms with E-state index in [2.05, 4.69) is 10.3 Å². The first kappa shape index (κ1) is 38.2. The van der Waals surface area contributed by atoms with Gasteiger partial charge in [-0.15, -0.1) is 0 Å². The van der Waals surface area contributed by atoms with Gasteiger partial charge in [-0.2, -0.15) is 0 Å². The number of aliphatic imine (C=N–C) groups is 1. The zero-order valence-electron chi connectivity index (χ0n) is 30.2. The lowest BCUT2D eigenvalue weighted by Gasteiger charge is -2.53. The van der Waals surface area contributed by atoms with Crippen LogP contribution in [0.15, 0.2) is 28.9 Å². The van der Waals surface area contributed by atoms with Crippen LogP contribution in [0.4, 0.5) is 0 Å². The zero-order valence-corrected chi connectivity index (χ0v) is 30.2. The van der Waals surface area contributed by atoms with Crippen LogP contribution in [0.2, 0.25) is 0 Å². The number of aliphatic hydroxyl groups is 3. The van der Waals surface area contributed by atoms with E-state index in [9.17, 15) is 44.7 Å². The van der Waals surface area contributed by atoms with Gasteiger partial charge in [-0.3, -0.25) is 19.4 Å². The van der Waals surface area contributed by atoms with Gasteiger partial charge in [0.25, 0.3) is 0 Å². The molecule has 2 aromatic carbocycles. The van der Waals surface area contributed by atoms with Crippen LogP contribution in [-0.2, 0) is 35.7 Å². The molecule has 0 aromatic heterocycles. The van der Waals surface area contributed by atoms with Gasteiger partial charge in [0.05, 0.1) is 61.1 Å². The van der Waals surface area contributed by atoms with Crippen LogP contribution in [0.3, 0.4) is 0 Å². The summed E-state index contributed by atoms with van der Waals surface area (Å²) < 4.78 is 27.0. The van der Waals surface area contributed by atoms with Gasteiger partial charge in [0.2, 0.25) is 17.3 Å². The summed E-state index contributed by atoms with van der Waals surface area (Å²) >= 11 is 0. The summed E-state index contributed by atoms with van der Waals surface area (Å²) in [4.78, 5) is 61.1. The third-order valence-corrected chi connectivity index (χ3v) is 10.9. The van der Waals surface area contributed by atoms with Crippen LogP contribution in [0.25, 0.3) is 0 Å². The van der Waals surface area contributed by atoms with E-state index in [1.165, 1.54) is 33.3 Å². The molecule has 16 heteroatoms. The van der Waals surface area contributed by atoms with Crippen molar-refractivity contribution >= 4 is 29.0 Å². The number of ether oxygens (including phenoxy) is 5. The van der Waals surface area contributed by atoms with E-state index in [1.54, 1.807) is 13.8 Å². The maximum Gasteiger partial charge on any atom is 0.341 e. The molecule has 3 aliphatic carbocycles. The van der Waals surface area contributed by atoms with E-state index in [0.29, 0.717) is 0 Å². The van der Waals surface area contributed by atoms with Crippen molar-refractivity contribution in [2.75, 3.05) is 41.6 Å². The van der Waals surface area contributed by atoms with Crippen LogP contribution in [-0.4, -0.2) is 132 Å². The van der Waals surface area contributed by atoms with Gasteiger partial charge in [-0.25, -0.2) is 4.79 Å². The fraction of sp³-hybridized carbons (Fsp3) is 0.486. The molecule has 8 atom stereocenters. The van der Waals surface area contributed by atoms with Crippen molar-refractivity contribution in [3.8, 4) is 11.5 Å². The Labute approximate surface area is 304 Å². The third kappa shape index (κ3) is 5.26. The number of phenols is 2. The highest BCUT2D eigenvalue weighted by Crippen LogP contribution is 2.56. The molecule has 1 aliphatic heterocycles. The number of aliphatic hydroxyl groups excluding tert-OH is 2. The fourth-order valence-corrected chi connectivity index (χ4v) is 8.19. The minimum absolute atomic E-state index is 0.0178. The number of methoxy groups -OCH3 is 4. The average Bonchev–Trinajstić information content (AvgIpc) is 3.11. The molecule has 0 saturated carbocycles. The van der Waals surface area contributed by atoms with Crippen LogP contribution in [0, 0.1) is 12.8 Å². The van der Waals surface area contributed by atoms with Crippen LogP contribution < -0.4 is 5.32 Å². The number of allylic oxidation sites excluding steroid dienone is 2. The number of esters is 1. The first-order chi connectivity index (χ1) is 25.1. The van der Waals surface area contributed by atoms with Gasteiger partial charge in [0.1, 0.15) is 29.4 Å². The van der Waals surface area contributed by atoms with Crippen molar-refractivity contribution in [2.24, 2.45) is 10.9 Å². The number of hydrogen-bond acceptors (Lipinski definition) is 16. The summed E-state index contributed by atoms with van der Waals surface area (Å²) in [5.41, 5.74) is -8.61. The first-order valence-electron chi connectivity index (χ1n) is 16.9. The summed E-state index contributed by atoms with van der Waals surface area (Å²) in [6, 6.07) is 2.40. The second-order valence-electron chi connectivity index (χ2n) is 13.6. The lowest BCUT2D eigenvalue weighted by molar-refractivity contribution is -0.204. The van der Waals surface area contributed by atoms with E-state index in [1.807, 2.05) is 0 Å². The molecule has 1 heterocycles. The number of rotatable bonds is 8. The average molecular weight is 739 g/mol. The summed E-state index contributed by atoms with van der Waals surface area (Å²) in [5, 5.41) is 61.5. The topological polar surface area (TPSA) is 240 Å². The van der Waals surface area contributed by atoms with E-state index < -0.39 is 111 Å². The van der Waals surface area contributed by atoms with Crippen molar-refractivity contribution in [3.05, 3.63) is 68.4 Å². The van der Waals surface area contributed by atoms with Crippen LogP contribution in [0.5, 0.6) is 11.5 Å². The van der Waals surface area contributed by atoms with Gasteiger partial charge >= 0.3 is 5.97 Å². The van der Waals surface area contributed by atoms with Crippen LogP contribution >= 0.6 is 0 Å². The number of aromatic hydroxyl groups is 2. The third-order valence-electron chi connectivity index (χ3n) is 10.9. The van der Waals surface area contributed by atoms with Gasteiger partial charge in [-0.05, 0) is 37.1 Å². The second kappa shape index (κ2) is 13.7. The predicted octanol–water partition coefficient (Wildman–Crippen LogP) is 0.624. The quantitative estimate of drug-likeness (QED) is 0.161. The van der Waals surface area contributed by atoms with E-state index in [-0.39, 0.29) is 46.8 Å². The molecule has 4 aliphatic rings. The second-order valence-corrected chi connectivity index (χ2v) is 13.6. The molecule has 1 fully saturated rings. The Morgan fingerprint density at radius 1 is 1.02 bits per heavy atom. The highest BCUT2D eigenvalue weighted by atomic mass is 16.6. The Morgan fingerprint density at radius 3 is 2.34 bits per heavy atom. The highest BCUT2D eigenvalue weighted by Gasteiger charge is 2.72. The number of ketones is 3. The Balaban J connectivity index is 1.56. The van der Waals surface area contributed by atoms with Crippen molar-refractivity contribution in [1.82, 2.24) is 5.32 Å². The van der Waals surface area contributed by atoms with Crippen molar-refractivity contribution in [3.63, 3.8) is 0 Å². The molecule has 0 spiro atoms. The zero-order chi connectivity index (χ0) is 38.9. The Bertz CT molecular complexity index is 1990. The largest absolute Gasteiger partial charge is 0.507 e. The molecular weight excluding hydrogens is 696 g/mol. The molecule has 284 valence electrons. The predicted molar refractivity (Wildman–Crippen MR) is 183 cm³/mol. The number of carbonyl (C=O) groups excluding carboxylic acids is 4. The summed E-state index contributed by atoms with van der Waals surface area (Å²) in [7, 11) is 4.94. The molecule has 0 bridgehead atoms. The Kier molecular flexibility index (Phi) is 9.87. The highest BCUT2D eigenvalue weighted by molar-refractivity contribution is 6.31. The molecule has 0 radical (unpaired) electrons. The van der Waals surface area contributed by atoms with Gasteiger partial charge in [-0.1, -0.05) is 13.0 Å². The molecule has 6 rings (SSSR count). The standard InChI is InChI=1S/C37H42N2O14/c1-14-10-17-11-22(40)37(52-7)33(46)25-19(32(45)36(37,48)26(17)30(44)23(14)35(47)51-6)12-18-24(29(25)43)20(38-8-9-49-4)13-21(28(18)42)39-34-15(2)27(41)31(50-5)16(3)53-34/h10,12-13,15-16,22,27,31,34,39-41,43-44,48H,8-9,11H2,1-7H3/t15-,16+,22-,27+,31+,34+,36+,37-/m1/s1. The smallest absolute Gasteiger partial charge is 0.341 e. The molecule has 0 unspecified atom stereocenters. The summed E-state index contributed by atoms with van der Waals surface area (Å²) in [5.74, 6) is -6.61. The maximum atomic E-state index is 14.8. The van der Waals surface area contributed by atoms with Crippen LogP contribution in [0.1, 0.15) is 77.5 Å². The minimum atomic E-state index is -3.18. The minimum Gasteiger partial charge on any atom is -0.507 e. The number of fused-ring (bicyclic) bond motifs is 5. The van der Waals surface area contributed by atoms with Gasteiger partial charge in [0, 0.05) is 50.4 Å². The lowest BCUT2D eigenvalue weighted by atomic mass is 9.56. The first-order valence-corrected chi connectivity index (χ1v) is 16.9. The molecule has 16 nitrogen and oxygen atoms in total. The number of carbonyl (C=O) groups is 4. The number of aryl methyl sites for hydroxylation is 1. The molecule has 6 N–H and O–H groups in total. The number of Topliss-reactive ketones (excluding diaryl/α,β-unsaturated/α-hetero) is 3. The monoisotopic (exact) mass is 738 g/mol. The number of benzene rings is 2. The number of nitrogens with one attached hydrogen (secondary N) is 1. The normalized spacial score (nSPS) is 31.3. The van der Waals surface area contributed by atoms with Gasteiger partial charge in [0.15, 0.2) is 11.2 Å². The van der Waals surface area contributed by atoms with Crippen molar-refractivity contribution in [1.29, 1.82) is 0 Å². The molecular formula is C37H42N2O14. The SMILES string of the molecule is COCCN=C1C=C(N[C@H]2O[C@@H](C)[C@H](OC)[C@@H](O)[C@H]2C)C(=O)c2cc3c(c(O)c21)C(=O)[C@]1(OC)[C@H](O)Cc2cc(C)c(C(=O)OC)c(O)c2[C@]1(O)C3=O. The van der Waals surface area contributed by atoms with Crippen molar-refractivity contribution in [2.45, 2.75) is 69.0 Å². The van der Waals surface area contributed by atoms with E-state index >= 15 is 0 Å². The van der Waals surface area contributed by atoms with Gasteiger partial charge < -0.3 is 54.5 Å². The molecule has 1 saturated heterocycles. The van der Waals surface area contributed by atoms with E-state index in [4.69, 9.17) is 23.7 Å². The number of nitrogens with zero attached hydrogens (tertiary/aromatic N) is 1. The Morgan fingerprint density at radius 2 is 1.72 bits per heavy atom. The maximum absolute atomic E-state index is 14.8. The number of phenolic OH excluding ortho intramolecular Hbond substituents is 2. The van der Waals surface area contributed by atoms with Crippen molar-refractivity contribution < 1.29 is 68.4 Å². The lowest BCUT2D eigenvalue weighted by Crippen LogP contribution is -2.73.